The summed E-state index contributed by atoms with van der Waals surface area (Å²) in [6.07, 6.45) is 0.267. The molecule has 0 spiro atoms. The summed E-state index contributed by atoms with van der Waals surface area (Å²) in [6, 6.07) is 7.20. The van der Waals surface area contributed by atoms with Gasteiger partial charge in [-0.25, -0.2) is 4.79 Å². The third-order valence-electron chi connectivity index (χ3n) is 3.55. The first-order chi connectivity index (χ1) is 10.8. The highest BCUT2D eigenvalue weighted by Crippen LogP contribution is 2.22. The monoisotopic (exact) mass is 320 g/mol. The van der Waals surface area contributed by atoms with E-state index in [9.17, 15) is 9.59 Å². The predicted molar refractivity (Wildman–Crippen MR) is 87.5 cm³/mol. The van der Waals surface area contributed by atoms with Crippen molar-refractivity contribution in [3.63, 3.8) is 0 Å². The van der Waals surface area contributed by atoms with E-state index >= 15 is 0 Å². The minimum atomic E-state index is -0.530. The second kappa shape index (κ2) is 6.89. The van der Waals surface area contributed by atoms with Crippen molar-refractivity contribution in [2.45, 2.75) is 32.8 Å². The first kappa shape index (κ1) is 17.1. The van der Waals surface area contributed by atoms with Crippen LogP contribution in [0.1, 0.15) is 27.2 Å². The van der Waals surface area contributed by atoms with Crippen LogP contribution in [0.2, 0.25) is 0 Å². The molecule has 0 saturated carbocycles. The van der Waals surface area contributed by atoms with Gasteiger partial charge in [-0.3, -0.25) is 4.79 Å². The van der Waals surface area contributed by atoms with Crippen molar-refractivity contribution in [3.8, 4) is 5.75 Å². The summed E-state index contributed by atoms with van der Waals surface area (Å²) in [6.45, 7) is 6.39. The Morgan fingerprint density at radius 2 is 2.04 bits per heavy atom. The number of likely N-dealkylation sites (tertiary alicyclic amines) is 1. The molecule has 6 heteroatoms. The number of hydrogen-bond acceptors (Lipinski definition) is 4. The maximum atomic E-state index is 12.3. The smallest absolute Gasteiger partial charge is 0.410 e. The lowest BCUT2D eigenvalue weighted by molar-refractivity contribution is -0.119. The number of rotatable bonds is 3. The molecule has 1 aromatic carbocycles. The number of ether oxygens (including phenoxy) is 2. The summed E-state index contributed by atoms with van der Waals surface area (Å²) < 4.78 is 10.5. The van der Waals surface area contributed by atoms with E-state index in [1.165, 1.54) is 0 Å². The van der Waals surface area contributed by atoms with Crippen LogP contribution in [0.4, 0.5) is 10.5 Å². The lowest BCUT2D eigenvalue weighted by Crippen LogP contribution is -2.36. The van der Waals surface area contributed by atoms with Crippen LogP contribution in [0.3, 0.4) is 0 Å². The van der Waals surface area contributed by atoms with Crippen molar-refractivity contribution in [1.29, 1.82) is 0 Å². The lowest BCUT2D eigenvalue weighted by atomic mass is 10.1. The molecule has 0 bridgehead atoms. The molecule has 0 aliphatic carbocycles. The maximum Gasteiger partial charge on any atom is 0.410 e. The Morgan fingerprint density at radius 1 is 1.30 bits per heavy atom. The Balaban J connectivity index is 1.90. The molecule has 1 saturated heterocycles. The fourth-order valence-corrected chi connectivity index (χ4v) is 2.41. The van der Waals surface area contributed by atoms with E-state index in [4.69, 9.17) is 9.47 Å². The third-order valence-corrected chi connectivity index (χ3v) is 3.55. The molecule has 2 amide bonds. The summed E-state index contributed by atoms with van der Waals surface area (Å²) in [5.74, 6) is 0.364. The van der Waals surface area contributed by atoms with Gasteiger partial charge < -0.3 is 19.7 Å². The van der Waals surface area contributed by atoms with Gasteiger partial charge in [0.2, 0.25) is 5.91 Å². The predicted octanol–water partition coefficient (Wildman–Crippen LogP) is 2.89. The number of nitrogens with zero attached hydrogens (tertiary/aromatic N) is 1. The van der Waals surface area contributed by atoms with Gasteiger partial charge in [0, 0.05) is 24.8 Å². The minimum absolute atomic E-state index is 0.0932. The molecule has 1 fully saturated rings. The Hall–Kier alpha value is -2.24. The quantitative estimate of drug-likeness (QED) is 0.930. The van der Waals surface area contributed by atoms with Crippen LogP contribution in [0, 0.1) is 5.92 Å². The third kappa shape index (κ3) is 4.87. The molecule has 126 valence electrons. The van der Waals surface area contributed by atoms with Gasteiger partial charge in [-0.2, -0.15) is 0 Å². The van der Waals surface area contributed by atoms with Crippen molar-refractivity contribution < 1.29 is 19.1 Å². The highest BCUT2D eigenvalue weighted by atomic mass is 16.6. The molecule has 1 unspecified atom stereocenters. The average molecular weight is 320 g/mol. The Kier molecular flexibility index (Phi) is 5.13. The molecule has 1 heterocycles. The van der Waals surface area contributed by atoms with Crippen LogP contribution < -0.4 is 10.1 Å². The van der Waals surface area contributed by atoms with Crippen LogP contribution in [-0.2, 0) is 9.53 Å². The first-order valence-corrected chi connectivity index (χ1v) is 7.71. The average Bonchev–Trinajstić information content (AvgIpc) is 2.95. The van der Waals surface area contributed by atoms with Gasteiger partial charge in [-0.1, -0.05) is 6.07 Å². The number of hydrogen-bond donors (Lipinski definition) is 1. The van der Waals surface area contributed by atoms with E-state index in [2.05, 4.69) is 5.32 Å². The van der Waals surface area contributed by atoms with E-state index in [1.807, 2.05) is 32.9 Å². The molecular weight excluding hydrogens is 296 g/mol. The van der Waals surface area contributed by atoms with Gasteiger partial charge in [0.25, 0.3) is 0 Å². The number of carbonyl (C=O) groups is 2. The molecule has 0 radical (unpaired) electrons. The van der Waals surface area contributed by atoms with E-state index in [0.29, 0.717) is 30.9 Å². The molecule has 1 aliphatic heterocycles. The number of nitrogens with one attached hydrogen (secondary N) is 1. The van der Waals surface area contributed by atoms with Crippen molar-refractivity contribution >= 4 is 17.7 Å². The molecule has 6 nitrogen and oxygen atoms in total. The summed E-state index contributed by atoms with van der Waals surface area (Å²) in [7, 11) is 1.58. The normalized spacial score (nSPS) is 17.7. The van der Waals surface area contributed by atoms with Crippen LogP contribution in [-0.4, -0.2) is 42.7 Å². The molecule has 0 aromatic heterocycles. The summed E-state index contributed by atoms with van der Waals surface area (Å²) in [5.41, 5.74) is 0.156. The summed E-state index contributed by atoms with van der Waals surface area (Å²) in [5, 5.41) is 2.87. The van der Waals surface area contributed by atoms with Crippen molar-refractivity contribution in [2.75, 3.05) is 25.5 Å². The largest absolute Gasteiger partial charge is 0.497 e. The van der Waals surface area contributed by atoms with Gasteiger partial charge >= 0.3 is 6.09 Å². The second-order valence-electron chi connectivity index (χ2n) is 6.63. The summed E-state index contributed by atoms with van der Waals surface area (Å²) >= 11 is 0. The van der Waals surface area contributed by atoms with Crippen LogP contribution in [0.5, 0.6) is 5.75 Å². The number of anilines is 1. The van der Waals surface area contributed by atoms with Crippen molar-refractivity contribution in [3.05, 3.63) is 24.3 Å². The lowest BCUT2D eigenvalue weighted by Gasteiger charge is -2.24. The zero-order chi connectivity index (χ0) is 17.0. The van der Waals surface area contributed by atoms with Gasteiger partial charge in [0.15, 0.2) is 0 Å². The van der Waals surface area contributed by atoms with E-state index in [0.717, 1.165) is 0 Å². The first-order valence-electron chi connectivity index (χ1n) is 7.71. The van der Waals surface area contributed by atoms with Gasteiger partial charge in [-0.05, 0) is 39.3 Å². The molecule has 1 aliphatic rings. The van der Waals surface area contributed by atoms with Crippen LogP contribution in [0.15, 0.2) is 24.3 Å². The van der Waals surface area contributed by atoms with Crippen molar-refractivity contribution in [2.24, 2.45) is 5.92 Å². The highest BCUT2D eigenvalue weighted by molar-refractivity contribution is 5.93. The van der Waals surface area contributed by atoms with E-state index in [-0.39, 0.29) is 17.9 Å². The Labute approximate surface area is 136 Å². The molecular formula is C17H24N2O4. The highest BCUT2D eigenvalue weighted by Gasteiger charge is 2.33. The van der Waals surface area contributed by atoms with Crippen molar-refractivity contribution in [1.82, 2.24) is 4.90 Å². The molecule has 1 atom stereocenters. The fraction of sp³-hybridized carbons (Fsp3) is 0.529. The van der Waals surface area contributed by atoms with Gasteiger partial charge in [0.05, 0.1) is 13.0 Å². The van der Waals surface area contributed by atoms with E-state index in [1.54, 1.807) is 24.1 Å². The van der Waals surface area contributed by atoms with Crippen LogP contribution >= 0.6 is 0 Å². The molecule has 1 aromatic rings. The number of methoxy groups -OCH3 is 1. The SMILES string of the molecule is COc1cccc(NC(=O)C2CCN(C(=O)OC(C)(C)C)C2)c1. The number of benzene rings is 1. The zero-order valence-electron chi connectivity index (χ0n) is 14.1. The van der Waals surface area contributed by atoms with Gasteiger partial charge in [-0.15, -0.1) is 0 Å². The standard InChI is InChI=1S/C17H24N2O4/c1-17(2,3)23-16(21)19-9-8-12(11-19)15(20)18-13-6-5-7-14(10-13)22-4/h5-7,10,12H,8-9,11H2,1-4H3,(H,18,20). The Morgan fingerprint density at radius 3 is 2.70 bits per heavy atom. The fourth-order valence-electron chi connectivity index (χ4n) is 2.41. The maximum absolute atomic E-state index is 12.3. The Bertz CT molecular complexity index is 580. The van der Waals surface area contributed by atoms with Crippen LogP contribution in [0.25, 0.3) is 0 Å². The molecule has 23 heavy (non-hydrogen) atoms. The van der Waals surface area contributed by atoms with E-state index < -0.39 is 5.60 Å². The second-order valence-corrected chi connectivity index (χ2v) is 6.63. The minimum Gasteiger partial charge on any atom is -0.497 e. The summed E-state index contributed by atoms with van der Waals surface area (Å²) in [4.78, 5) is 25.9. The zero-order valence-corrected chi connectivity index (χ0v) is 14.1. The topological polar surface area (TPSA) is 67.9 Å². The van der Waals surface area contributed by atoms with Gasteiger partial charge in [0.1, 0.15) is 11.4 Å². The number of carbonyl (C=O) groups excluding carboxylic acids is 2. The molecule has 2 rings (SSSR count). The number of amides is 2. The molecule has 1 N–H and O–H groups in total.